The average molecular weight is 183 g/mol. The highest BCUT2D eigenvalue weighted by molar-refractivity contribution is 5.26. The number of aromatic nitrogens is 2. The highest BCUT2D eigenvalue weighted by atomic mass is 16.5. The molecule has 0 radical (unpaired) electrons. The van der Waals surface area contributed by atoms with Crippen LogP contribution in [0, 0.1) is 0 Å². The van der Waals surface area contributed by atoms with E-state index in [1.54, 1.807) is 12.0 Å². The van der Waals surface area contributed by atoms with Gasteiger partial charge in [0.15, 0.2) is 0 Å². The van der Waals surface area contributed by atoms with Crippen LogP contribution in [0.4, 0.5) is 5.95 Å². The molecule has 1 aromatic heterocycles. The second-order valence-electron chi connectivity index (χ2n) is 2.89. The second kappa shape index (κ2) is 4.04. The summed E-state index contributed by atoms with van der Waals surface area (Å²) in [6, 6.07) is 1.43. The third-order valence-corrected chi connectivity index (χ3v) is 1.50. The van der Waals surface area contributed by atoms with Gasteiger partial charge >= 0.3 is 0 Å². The van der Waals surface area contributed by atoms with Crippen molar-refractivity contribution in [1.29, 1.82) is 0 Å². The molecule has 0 atom stereocenters. The van der Waals surface area contributed by atoms with Gasteiger partial charge in [-0.25, -0.2) is 4.98 Å². The number of H-pyrrole nitrogens is 1. The molecule has 0 aliphatic carbocycles. The molecule has 1 heterocycles. The first-order valence-electron chi connectivity index (χ1n) is 3.90. The topological polar surface area (TPSA) is 58.2 Å². The first-order chi connectivity index (χ1) is 6.13. The standard InChI is InChI=1S/C8H13N3O2/c1-11(2)8-9-6(5-13-3)4-7(12)10-8/h4H,5H2,1-3H3,(H,9,10,12). The lowest BCUT2D eigenvalue weighted by Gasteiger charge is -2.10. The molecule has 0 aromatic carbocycles. The number of nitrogens with one attached hydrogen (secondary N) is 1. The molecule has 0 unspecified atom stereocenters. The highest BCUT2D eigenvalue weighted by Gasteiger charge is 2.01. The first kappa shape index (κ1) is 9.73. The van der Waals surface area contributed by atoms with E-state index < -0.39 is 0 Å². The van der Waals surface area contributed by atoms with Crippen molar-refractivity contribution in [2.24, 2.45) is 0 Å². The number of methoxy groups -OCH3 is 1. The van der Waals surface area contributed by atoms with E-state index in [0.29, 0.717) is 18.2 Å². The highest BCUT2D eigenvalue weighted by Crippen LogP contribution is 2.00. The predicted octanol–water partition coefficient (Wildman–Crippen LogP) is -0.0177. The van der Waals surface area contributed by atoms with Crippen LogP contribution < -0.4 is 10.5 Å². The van der Waals surface area contributed by atoms with Crippen LogP contribution in [0.3, 0.4) is 0 Å². The maximum absolute atomic E-state index is 11.1. The molecule has 0 saturated heterocycles. The van der Waals surface area contributed by atoms with Crippen molar-refractivity contribution in [1.82, 2.24) is 9.97 Å². The van der Waals surface area contributed by atoms with Gasteiger partial charge in [0.05, 0.1) is 12.3 Å². The minimum Gasteiger partial charge on any atom is -0.378 e. The summed E-state index contributed by atoms with van der Waals surface area (Å²) in [6.45, 7) is 0.352. The van der Waals surface area contributed by atoms with Gasteiger partial charge in [-0.15, -0.1) is 0 Å². The minimum absolute atomic E-state index is 0.161. The smallest absolute Gasteiger partial charge is 0.252 e. The maximum Gasteiger partial charge on any atom is 0.252 e. The monoisotopic (exact) mass is 183 g/mol. The van der Waals surface area contributed by atoms with Crippen LogP contribution in [0.15, 0.2) is 10.9 Å². The van der Waals surface area contributed by atoms with Gasteiger partial charge < -0.3 is 9.64 Å². The Bertz CT molecular complexity index is 332. The van der Waals surface area contributed by atoms with Crippen molar-refractivity contribution in [3.05, 3.63) is 22.1 Å². The summed E-state index contributed by atoms with van der Waals surface area (Å²) in [5.74, 6) is 0.541. The predicted molar refractivity (Wildman–Crippen MR) is 49.9 cm³/mol. The molecular weight excluding hydrogens is 170 g/mol. The van der Waals surface area contributed by atoms with Crippen molar-refractivity contribution in [2.75, 3.05) is 26.1 Å². The summed E-state index contributed by atoms with van der Waals surface area (Å²) < 4.78 is 4.88. The lowest BCUT2D eigenvalue weighted by atomic mass is 10.4. The normalized spacial score (nSPS) is 10.1. The third-order valence-electron chi connectivity index (χ3n) is 1.50. The van der Waals surface area contributed by atoms with E-state index in [0.717, 1.165) is 0 Å². The molecule has 0 spiro atoms. The molecule has 0 fully saturated rings. The minimum atomic E-state index is -0.161. The third kappa shape index (κ3) is 2.55. The van der Waals surface area contributed by atoms with Gasteiger partial charge in [0, 0.05) is 27.3 Å². The van der Waals surface area contributed by atoms with Gasteiger partial charge in [-0.3, -0.25) is 9.78 Å². The molecule has 0 saturated carbocycles. The van der Waals surface area contributed by atoms with Gasteiger partial charge in [0.25, 0.3) is 5.56 Å². The Balaban J connectivity index is 3.04. The molecule has 72 valence electrons. The van der Waals surface area contributed by atoms with E-state index in [2.05, 4.69) is 9.97 Å². The zero-order valence-electron chi connectivity index (χ0n) is 8.00. The Kier molecular flexibility index (Phi) is 3.02. The van der Waals surface area contributed by atoms with Crippen LogP contribution in [-0.4, -0.2) is 31.2 Å². The molecule has 1 rings (SSSR count). The average Bonchev–Trinajstić information content (AvgIpc) is 2.03. The van der Waals surface area contributed by atoms with Crippen molar-refractivity contribution >= 4 is 5.95 Å². The van der Waals surface area contributed by atoms with Crippen molar-refractivity contribution in [3.8, 4) is 0 Å². The fourth-order valence-corrected chi connectivity index (χ4v) is 0.927. The largest absolute Gasteiger partial charge is 0.378 e. The van der Waals surface area contributed by atoms with Crippen LogP contribution >= 0.6 is 0 Å². The second-order valence-corrected chi connectivity index (χ2v) is 2.89. The molecule has 5 heteroatoms. The summed E-state index contributed by atoms with van der Waals surface area (Å²) in [5.41, 5.74) is 0.473. The van der Waals surface area contributed by atoms with E-state index in [-0.39, 0.29) is 5.56 Å². The maximum atomic E-state index is 11.1. The van der Waals surface area contributed by atoms with E-state index >= 15 is 0 Å². The van der Waals surface area contributed by atoms with E-state index in [4.69, 9.17) is 4.74 Å². The number of rotatable bonds is 3. The fourth-order valence-electron chi connectivity index (χ4n) is 0.927. The van der Waals surface area contributed by atoms with Crippen LogP contribution in [0.1, 0.15) is 5.69 Å². The van der Waals surface area contributed by atoms with Crippen molar-refractivity contribution < 1.29 is 4.74 Å². The van der Waals surface area contributed by atoms with Crippen LogP contribution in [0.5, 0.6) is 0 Å². The van der Waals surface area contributed by atoms with E-state index in [1.807, 2.05) is 14.1 Å². The zero-order valence-corrected chi connectivity index (χ0v) is 8.00. The van der Waals surface area contributed by atoms with E-state index in [1.165, 1.54) is 6.07 Å². The fraction of sp³-hybridized carbons (Fsp3) is 0.500. The van der Waals surface area contributed by atoms with E-state index in [9.17, 15) is 4.79 Å². The molecule has 5 nitrogen and oxygen atoms in total. The van der Waals surface area contributed by atoms with Crippen molar-refractivity contribution in [3.63, 3.8) is 0 Å². The molecule has 0 aliphatic heterocycles. The number of aromatic amines is 1. The van der Waals surface area contributed by atoms with Gasteiger partial charge in [-0.05, 0) is 0 Å². The van der Waals surface area contributed by atoms with Gasteiger partial charge in [-0.2, -0.15) is 0 Å². The number of anilines is 1. The van der Waals surface area contributed by atoms with Gasteiger partial charge in [-0.1, -0.05) is 0 Å². The molecule has 0 amide bonds. The molecule has 1 aromatic rings. The Labute approximate surface area is 76.4 Å². The van der Waals surface area contributed by atoms with Gasteiger partial charge in [0.2, 0.25) is 5.95 Å². The van der Waals surface area contributed by atoms with Gasteiger partial charge in [0.1, 0.15) is 0 Å². The lowest BCUT2D eigenvalue weighted by Crippen LogP contribution is -2.19. The zero-order chi connectivity index (χ0) is 9.84. The SMILES string of the molecule is COCc1cc(=O)[nH]c(N(C)C)n1. The Morgan fingerprint density at radius 2 is 2.31 bits per heavy atom. The van der Waals surface area contributed by atoms with Crippen LogP contribution in [0.25, 0.3) is 0 Å². The Morgan fingerprint density at radius 1 is 1.62 bits per heavy atom. The Morgan fingerprint density at radius 3 is 2.85 bits per heavy atom. The van der Waals surface area contributed by atoms with Crippen molar-refractivity contribution in [2.45, 2.75) is 6.61 Å². The summed E-state index contributed by atoms with van der Waals surface area (Å²) in [4.78, 5) is 19.6. The van der Waals surface area contributed by atoms with Crippen LogP contribution in [0.2, 0.25) is 0 Å². The number of nitrogens with zero attached hydrogens (tertiary/aromatic N) is 2. The lowest BCUT2D eigenvalue weighted by molar-refractivity contribution is 0.181. The first-order valence-corrected chi connectivity index (χ1v) is 3.90. The summed E-state index contributed by atoms with van der Waals surface area (Å²) >= 11 is 0. The molecule has 13 heavy (non-hydrogen) atoms. The molecule has 0 aliphatic rings. The Hall–Kier alpha value is -1.36. The summed E-state index contributed by atoms with van der Waals surface area (Å²) in [6.07, 6.45) is 0. The molecule has 1 N–H and O–H groups in total. The molecule has 0 bridgehead atoms. The number of hydrogen-bond acceptors (Lipinski definition) is 4. The quantitative estimate of drug-likeness (QED) is 0.715. The summed E-state index contributed by atoms with van der Waals surface area (Å²) in [7, 11) is 5.20. The number of ether oxygens (including phenoxy) is 1. The number of hydrogen-bond donors (Lipinski definition) is 1. The van der Waals surface area contributed by atoms with Crippen LogP contribution in [-0.2, 0) is 11.3 Å². The molecular formula is C8H13N3O2. The summed E-state index contributed by atoms with van der Waals surface area (Å²) in [5, 5.41) is 0.